The zero-order valence-corrected chi connectivity index (χ0v) is 18.9. The summed E-state index contributed by atoms with van der Waals surface area (Å²) in [5.74, 6) is -1.70. The molecule has 1 N–H and O–H groups in total. The highest BCUT2D eigenvalue weighted by Gasteiger charge is 2.40. The van der Waals surface area contributed by atoms with Crippen LogP contribution < -0.4 is 19.7 Å². The van der Waals surface area contributed by atoms with Gasteiger partial charge in [0.25, 0.3) is 0 Å². The number of nitrogens with one attached hydrogen (secondary N) is 1. The van der Waals surface area contributed by atoms with Crippen LogP contribution in [0.2, 0.25) is 5.02 Å². The number of halogens is 1. The van der Waals surface area contributed by atoms with Crippen LogP contribution in [-0.2, 0) is 19.1 Å². The van der Waals surface area contributed by atoms with Crippen molar-refractivity contribution in [1.29, 1.82) is 0 Å². The SMILES string of the molecule is COC(=O)C1=C(C)N(c2ccc(Cl)cc2)C(=O)CC1C(=O)Nc1cc(OC)ccc1OC. The summed E-state index contributed by atoms with van der Waals surface area (Å²) in [6.07, 6.45) is -0.220. The van der Waals surface area contributed by atoms with Gasteiger partial charge in [-0.1, -0.05) is 11.6 Å². The highest BCUT2D eigenvalue weighted by atomic mass is 35.5. The van der Waals surface area contributed by atoms with Gasteiger partial charge in [-0.3, -0.25) is 14.5 Å². The maximum atomic E-state index is 13.2. The molecular weight excluding hydrogens is 436 g/mol. The van der Waals surface area contributed by atoms with E-state index in [1.165, 1.54) is 26.2 Å². The third-order valence-electron chi connectivity index (χ3n) is 5.17. The minimum atomic E-state index is -1.05. The fraction of sp³-hybridized carbons (Fsp3) is 0.261. The van der Waals surface area contributed by atoms with E-state index in [4.69, 9.17) is 25.8 Å². The molecule has 0 radical (unpaired) electrons. The quantitative estimate of drug-likeness (QED) is 0.662. The van der Waals surface area contributed by atoms with E-state index in [9.17, 15) is 14.4 Å². The maximum absolute atomic E-state index is 13.2. The number of carbonyl (C=O) groups is 3. The number of hydrogen-bond donors (Lipinski definition) is 1. The molecule has 2 aromatic carbocycles. The molecule has 2 aromatic rings. The van der Waals surface area contributed by atoms with Gasteiger partial charge in [0.2, 0.25) is 11.8 Å². The molecule has 0 bridgehead atoms. The largest absolute Gasteiger partial charge is 0.497 e. The van der Waals surface area contributed by atoms with Gasteiger partial charge >= 0.3 is 5.97 Å². The van der Waals surface area contributed by atoms with Crippen LogP contribution in [0.1, 0.15) is 13.3 Å². The molecular formula is C23H23ClN2O6. The van der Waals surface area contributed by atoms with Crippen molar-refractivity contribution >= 4 is 40.8 Å². The minimum Gasteiger partial charge on any atom is -0.497 e. The summed E-state index contributed by atoms with van der Waals surface area (Å²) in [5, 5.41) is 3.26. The van der Waals surface area contributed by atoms with Crippen molar-refractivity contribution in [2.45, 2.75) is 13.3 Å². The monoisotopic (exact) mass is 458 g/mol. The van der Waals surface area contributed by atoms with Crippen LogP contribution in [0.4, 0.5) is 11.4 Å². The standard InChI is InChI=1S/C23H23ClN2O6/c1-13-21(23(29)32-4)17(12-20(27)26(13)15-7-5-14(24)6-8-15)22(28)25-18-11-16(30-2)9-10-19(18)31-3/h5-11,17H,12H2,1-4H3,(H,25,28). The number of methoxy groups -OCH3 is 3. The summed E-state index contributed by atoms with van der Waals surface area (Å²) < 4.78 is 15.4. The van der Waals surface area contributed by atoms with E-state index in [-0.39, 0.29) is 17.9 Å². The van der Waals surface area contributed by atoms with E-state index in [1.54, 1.807) is 49.4 Å². The van der Waals surface area contributed by atoms with Crippen LogP contribution in [0.5, 0.6) is 11.5 Å². The molecule has 0 saturated heterocycles. The van der Waals surface area contributed by atoms with Gasteiger partial charge in [-0.05, 0) is 43.3 Å². The highest BCUT2D eigenvalue weighted by Crippen LogP contribution is 2.36. The summed E-state index contributed by atoms with van der Waals surface area (Å²) >= 11 is 5.95. The number of esters is 1. The topological polar surface area (TPSA) is 94.2 Å². The molecule has 9 heteroatoms. The number of nitrogens with zero attached hydrogens (tertiary/aromatic N) is 1. The molecule has 32 heavy (non-hydrogen) atoms. The number of amides is 2. The Kier molecular flexibility index (Phi) is 7.05. The second-order valence-corrected chi connectivity index (χ2v) is 7.44. The third-order valence-corrected chi connectivity index (χ3v) is 5.42. The molecule has 1 aliphatic heterocycles. The first kappa shape index (κ1) is 23.1. The summed E-state index contributed by atoms with van der Waals surface area (Å²) in [7, 11) is 4.20. The van der Waals surface area contributed by atoms with Crippen molar-refractivity contribution in [2.75, 3.05) is 31.5 Å². The molecule has 0 aromatic heterocycles. The lowest BCUT2D eigenvalue weighted by Gasteiger charge is -2.33. The van der Waals surface area contributed by atoms with E-state index in [0.717, 1.165) is 0 Å². The average molecular weight is 459 g/mol. The van der Waals surface area contributed by atoms with Gasteiger partial charge in [-0.15, -0.1) is 0 Å². The van der Waals surface area contributed by atoms with Crippen molar-refractivity contribution in [3.63, 3.8) is 0 Å². The lowest BCUT2D eigenvalue weighted by atomic mass is 9.88. The van der Waals surface area contributed by atoms with Gasteiger partial charge in [0, 0.05) is 28.9 Å². The van der Waals surface area contributed by atoms with Gasteiger partial charge in [0.05, 0.1) is 38.5 Å². The summed E-state index contributed by atoms with van der Waals surface area (Å²) in [6, 6.07) is 11.5. The van der Waals surface area contributed by atoms with Gasteiger partial charge in [-0.2, -0.15) is 0 Å². The lowest BCUT2D eigenvalue weighted by Crippen LogP contribution is -2.43. The van der Waals surface area contributed by atoms with E-state index < -0.39 is 17.8 Å². The van der Waals surface area contributed by atoms with E-state index in [0.29, 0.717) is 33.6 Å². The number of allylic oxidation sites excluding steroid dienone is 1. The molecule has 2 amide bonds. The number of rotatable bonds is 6. The van der Waals surface area contributed by atoms with Gasteiger partial charge in [-0.25, -0.2) is 4.79 Å². The molecule has 168 valence electrons. The zero-order chi connectivity index (χ0) is 23.4. The first-order valence-electron chi connectivity index (χ1n) is 9.71. The molecule has 1 heterocycles. The van der Waals surface area contributed by atoms with Crippen LogP contribution in [0.3, 0.4) is 0 Å². The van der Waals surface area contributed by atoms with Crippen LogP contribution in [-0.4, -0.2) is 39.1 Å². The van der Waals surface area contributed by atoms with Crippen molar-refractivity contribution in [2.24, 2.45) is 5.92 Å². The van der Waals surface area contributed by atoms with Gasteiger partial charge in [0.15, 0.2) is 0 Å². The predicted octanol–water partition coefficient (Wildman–Crippen LogP) is 3.80. The number of anilines is 2. The molecule has 1 atom stereocenters. The minimum absolute atomic E-state index is 0.0985. The van der Waals surface area contributed by atoms with Gasteiger partial charge < -0.3 is 19.5 Å². The number of carbonyl (C=O) groups excluding carboxylic acids is 3. The van der Waals surface area contributed by atoms with Crippen molar-refractivity contribution in [3.8, 4) is 11.5 Å². The van der Waals surface area contributed by atoms with Crippen LogP contribution >= 0.6 is 11.6 Å². The van der Waals surface area contributed by atoms with E-state index in [1.807, 2.05) is 0 Å². The predicted molar refractivity (Wildman–Crippen MR) is 120 cm³/mol. The zero-order valence-electron chi connectivity index (χ0n) is 18.1. The molecule has 0 spiro atoms. The van der Waals surface area contributed by atoms with Crippen LogP contribution in [0, 0.1) is 5.92 Å². The first-order chi connectivity index (χ1) is 15.3. The van der Waals surface area contributed by atoms with E-state index >= 15 is 0 Å². The molecule has 0 saturated carbocycles. The fourth-order valence-corrected chi connectivity index (χ4v) is 3.74. The number of benzene rings is 2. The first-order valence-corrected chi connectivity index (χ1v) is 10.1. The van der Waals surface area contributed by atoms with Crippen molar-refractivity contribution < 1.29 is 28.6 Å². The highest BCUT2D eigenvalue weighted by molar-refractivity contribution is 6.30. The lowest BCUT2D eigenvalue weighted by molar-refractivity contribution is -0.138. The molecule has 0 fully saturated rings. The summed E-state index contributed by atoms with van der Waals surface area (Å²) in [4.78, 5) is 40.3. The Morgan fingerprint density at radius 3 is 2.34 bits per heavy atom. The summed E-state index contributed by atoms with van der Waals surface area (Å²) in [5.41, 5.74) is 1.30. The van der Waals surface area contributed by atoms with Gasteiger partial charge in [0.1, 0.15) is 11.5 Å². The van der Waals surface area contributed by atoms with Crippen LogP contribution in [0.25, 0.3) is 0 Å². The smallest absolute Gasteiger partial charge is 0.336 e. The average Bonchev–Trinajstić information content (AvgIpc) is 2.79. The second-order valence-electron chi connectivity index (χ2n) is 7.01. The van der Waals surface area contributed by atoms with Crippen molar-refractivity contribution in [1.82, 2.24) is 0 Å². The maximum Gasteiger partial charge on any atom is 0.336 e. The number of ether oxygens (including phenoxy) is 3. The fourth-order valence-electron chi connectivity index (χ4n) is 3.61. The Hall–Kier alpha value is -3.52. The Labute approximate surface area is 190 Å². The Morgan fingerprint density at radius 1 is 1.06 bits per heavy atom. The Morgan fingerprint density at radius 2 is 1.75 bits per heavy atom. The molecule has 8 nitrogen and oxygen atoms in total. The molecule has 1 aliphatic rings. The number of hydrogen-bond acceptors (Lipinski definition) is 6. The van der Waals surface area contributed by atoms with Crippen molar-refractivity contribution in [3.05, 3.63) is 58.8 Å². The second kappa shape index (κ2) is 9.74. The van der Waals surface area contributed by atoms with Crippen LogP contribution in [0.15, 0.2) is 53.7 Å². The third kappa shape index (κ3) is 4.55. The van der Waals surface area contributed by atoms with E-state index in [2.05, 4.69) is 5.32 Å². The summed E-state index contributed by atoms with van der Waals surface area (Å²) in [6.45, 7) is 1.60. The normalized spacial score (nSPS) is 16.0. The molecule has 0 aliphatic carbocycles. The Balaban J connectivity index is 2.01. The molecule has 3 rings (SSSR count). The molecule has 1 unspecified atom stereocenters. The Bertz CT molecular complexity index is 1080.